The number of hydrogen-bond acceptors (Lipinski definition) is 4. The predicted molar refractivity (Wildman–Crippen MR) is 110 cm³/mol. The minimum atomic E-state index is -1.97. The number of rotatable bonds is 8. The number of oxime groups is 1. The van der Waals surface area contributed by atoms with Gasteiger partial charge in [-0.2, -0.15) is 0 Å². The average molecular weight is 378 g/mol. The lowest BCUT2D eigenvalue weighted by atomic mass is 9.96. The van der Waals surface area contributed by atoms with Gasteiger partial charge >= 0.3 is 0 Å². The highest BCUT2D eigenvalue weighted by Crippen LogP contribution is 2.39. The zero-order valence-electron chi connectivity index (χ0n) is 17.2. The second kappa shape index (κ2) is 8.68. The van der Waals surface area contributed by atoms with E-state index in [0.717, 1.165) is 31.2 Å². The van der Waals surface area contributed by atoms with Gasteiger partial charge < -0.3 is 14.4 Å². The summed E-state index contributed by atoms with van der Waals surface area (Å²) in [6.07, 6.45) is 2.95. The molecular weight excluding hydrogens is 342 g/mol. The number of aliphatic hydroxyl groups is 1. The molecule has 26 heavy (non-hydrogen) atoms. The topological polar surface area (TPSA) is 51.0 Å². The smallest absolute Gasteiger partial charge is 0.192 e. The van der Waals surface area contributed by atoms with Gasteiger partial charge in [0, 0.05) is 5.56 Å². The van der Waals surface area contributed by atoms with Gasteiger partial charge in [0.25, 0.3) is 0 Å². The Morgan fingerprint density at radius 2 is 1.85 bits per heavy atom. The number of unbranched alkanes of at least 4 members (excludes halogenated alkanes) is 2. The monoisotopic (exact) mass is 377 g/mol. The van der Waals surface area contributed by atoms with E-state index >= 15 is 0 Å². The van der Waals surface area contributed by atoms with Crippen LogP contribution in [0.2, 0.25) is 18.1 Å². The van der Waals surface area contributed by atoms with Crippen molar-refractivity contribution in [2.24, 2.45) is 5.16 Å². The minimum Gasteiger partial charge on any atom is -0.410 e. The second-order valence-electron chi connectivity index (χ2n) is 8.77. The molecule has 0 saturated heterocycles. The van der Waals surface area contributed by atoms with Crippen LogP contribution in [-0.2, 0) is 9.26 Å². The van der Waals surface area contributed by atoms with Crippen LogP contribution in [0.15, 0.2) is 35.5 Å². The van der Waals surface area contributed by atoms with Crippen LogP contribution >= 0.6 is 0 Å². The van der Waals surface area contributed by atoms with Crippen LogP contribution in [0.25, 0.3) is 0 Å². The molecule has 5 heteroatoms. The first-order valence-corrected chi connectivity index (χ1v) is 12.7. The summed E-state index contributed by atoms with van der Waals surface area (Å²) in [6, 6.07) is 9.76. The number of hydrogen-bond donors (Lipinski definition) is 1. The van der Waals surface area contributed by atoms with Crippen molar-refractivity contribution in [3.8, 4) is 0 Å². The van der Waals surface area contributed by atoms with E-state index in [1.807, 2.05) is 30.3 Å². The van der Waals surface area contributed by atoms with E-state index in [-0.39, 0.29) is 11.1 Å². The van der Waals surface area contributed by atoms with E-state index in [9.17, 15) is 5.11 Å². The molecule has 1 aromatic rings. The molecule has 0 fully saturated rings. The molecule has 1 aliphatic heterocycles. The molecule has 1 heterocycles. The maximum absolute atomic E-state index is 10.9. The quantitative estimate of drug-likeness (QED) is 0.505. The van der Waals surface area contributed by atoms with Gasteiger partial charge in [-0.05, 0) is 24.6 Å². The van der Waals surface area contributed by atoms with E-state index in [4.69, 9.17) is 9.26 Å². The Labute approximate surface area is 159 Å². The van der Waals surface area contributed by atoms with Gasteiger partial charge in [-0.25, -0.2) is 0 Å². The molecule has 1 aliphatic rings. The molecule has 3 atom stereocenters. The van der Waals surface area contributed by atoms with Crippen molar-refractivity contribution in [1.82, 2.24) is 0 Å². The lowest BCUT2D eigenvalue weighted by Crippen LogP contribution is -2.50. The molecule has 0 bridgehead atoms. The van der Waals surface area contributed by atoms with Gasteiger partial charge in [0.05, 0.1) is 6.10 Å². The Morgan fingerprint density at radius 1 is 1.19 bits per heavy atom. The summed E-state index contributed by atoms with van der Waals surface area (Å²) in [4.78, 5) is 5.72. The molecule has 0 radical (unpaired) electrons. The highest BCUT2D eigenvalue weighted by molar-refractivity contribution is 6.74. The summed E-state index contributed by atoms with van der Waals surface area (Å²) in [7, 11) is -1.97. The zero-order chi connectivity index (χ0) is 19.4. The van der Waals surface area contributed by atoms with Crippen molar-refractivity contribution >= 4 is 14.0 Å². The SMILES string of the molecule is CCCCC[C@H](O[Si](C)(C)C(C)(C)C)[C@@H]1ON=C(c2ccccc2)[C@H]1O. The molecule has 2 rings (SSSR count). The molecule has 0 amide bonds. The Bertz CT molecular complexity index is 595. The maximum Gasteiger partial charge on any atom is 0.192 e. The van der Waals surface area contributed by atoms with Crippen LogP contribution in [0.3, 0.4) is 0 Å². The highest BCUT2D eigenvalue weighted by atomic mass is 28.4. The van der Waals surface area contributed by atoms with Gasteiger partial charge in [-0.3, -0.25) is 0 Å². The van der Waals surface area contributed by atoms with E-state index in [2.05, 4.69) is 45.9 Å². The first-order chi connectivity index (χ1) is 12.2. The van der Waals surface area contributed by atoms with Gasteiger partial charge in [-0.15, -0.1) is 0 Å². The summed E-state index contributed by atoms with van der Waals surface area (Å²) < 4.78 is 6.67. The summed E-state index contributed by atoms with van der Waals surface area (Å²) in [5.41, 5.74) is 1.51. The predicted octanol–water partition coefficient (Wildman–Crippen LogP) is 5.12. The second-order valence-corrected chi connectivity index (χ2v) is 13.5. The number of aliphatic hydroxyl groups excluding tert-OH is 1. The van der Waals surface area contributed by atoms with E-state index in [1.54, 1.807) is 0 Å². The Kier molecular flexibility index (Phi) is 7.05. The van der Waals surface area contributed by atoms with Crippen LogP contribution < -0.4 is 0 Å². The molecule has 0 saturated carbocycles. The largest absolute Gasteiger partial charge is 0.410 e. The maximum atomic E-state index is 10.9. The van der Waals surface area contributed by atoms with Crippen LogP contribution in [0.5, 0.6) is 0 Å². The molecule has 1 N–H and O–H groups in total. The third-order valence-electron chi connectivity index (χ3n) is 5.64. The Morgan fingerprint density at radius 3 is 2.42 bits per heavy atom. The molecule has 0 spiro atoms. The van der Waals surface area contributed by atoms with Gasteiger partial charge in [0.2, 0.25) is 0 Å². The minimum absolute atomic E-state index is 0.114. The van der Waals surface area contributed by atoms with Crippen molar-refractivity contribution in [3.05, 3.63) is 35.9 Å². The van der Waals surface area contributed by atoms with Gasteiger partial charge in [0.15, 0.2) is 14.4 Å². The molecule has 146 valence electrons. The van der Waals surface area contributed by atoms with E-state index in [1.165, 1.54) is 0 Å². The first-order valence-electron chi connectivity index (χ1n) is 9.82. The van der Waals surface area contributed by atoms with Crippen molar-refractivity contribution in [2.45, 2.75) is 89.8 Å². The Hall–Kier alpha value is -1.17. The third kappa shape index (κ3) is 4.96. The molecule has 0 aliphatic carbocycles. The van der Waals surface area contributed by atoms with Crippen LogP contribution in [0, 0.1) is 0 Å². The van der Waals surface area contributed by atoms with Crippen molar-refractivity contribution in [3.63, 3.8) is 0 Å². The van der Waals surface area contributed by atoms with Crippen LogP contribution in [0.4, 0.5) is 0 Å². The van der Waals surface area contributed by atoms with Crippen molar-refractivity contribution in [1.29, 1.82) is 0 Å². The molecule has 1 aromatic carbocycles. The highest BCUT2D eigenvalue weighted by Gasteiger charge is 2.45. The lowest BCUT2D eigenvalue weighted by molar-refractivity contribution is -0.0567. The molecule has 0 aromatic heterocycles. The summed E-state index contributed by atoms with van der Waals surface area (Å²) in [5.74, 6) is 0. The first kappa shape index (κ1) is 21.1. The zero-order valence-corrected chi connectivity index (χ0v) is 18.2. The fraction of sp³-hybridized carbons (Fsp3) is 0.667. The molecule has 4 nitrogen and oxygen atoms in total. The fourth-order valence-electron chi connectivity index (χ4n) is 2.93. The fourth-order valence-corrected chi connectivity index (χ4v) is 4.29. The number of benzene rings is 1. The van der Waals surface area contributed by atoms with E-state index < -0.39 is 20.5 Å². The van der Waals surface area contributed by atoms with Crippen LogP contribution in [0.1, 0.15) is 58.9 Å². The summed E-state index contributed by atoms with van der Waals surface area (Å²) in [6.45, 7) is 13.4. The van der Waals surface area contributed by atoms with E-state index in [0.29, 0.717) is 5.71 Å². The third-order valence-corrected chi connectivity index (χ3v) is 10.1. The average Bonchev–Trinajstić information content (AvgIpc) is 2.95. The van der Waals surface area contributed by atoms with Gasteiger partial charge in [-0.1, -0.05) is 82.4 Å². The molecular formula is C21H35NO3Si. The number of nitrogens with zero attached hydrogens (tertiary/aromatic N) is 1. The lowest BCUT2D eigenvalue weighted by Gasteiger charge is -2.40. The standard InChI is InChI=1S/C21H35NO3Si/c1-7-8-10-15-17(25-26(5,6)21(2,3)4)20-19(23)18(22-24-20)16-13-11-9-12-14-16/h9,11-14,17,19-20,23H,7-8,10,15H2,1-6H3/t17-,19+,20-/m0/s1. The van der Waals surface area contributed by atoms with Crippen molar-refractivity contribution in [2.75, 3.05) is 0 Å². The normalized spacial score (nSPS) is 22.0. The summed E-state index contributed by atoms with van der Waals surface area (Å²) >= 11 is 0. The summed E-state index contributed by atoms with van der Waals surface area (Å²) in [5, 5.41) is 15.2. The van der Waals surface area contributed by atoms with Crippen molar-refractivity contribution < 1.29 is 14.4 Å². The molecule has 0 unspecified atom stereocenters. The Balaban J connectivity index is 2.16. The van der Waals surface area contributed by atoms with Gasteiger partial charge in [0.1, 0.15) is 11.8 Å². The van der Waals surface area contributed by atoms with Crippen LogP contribution in [-0.4, -0.2) is 37.4 Å².